The van der Waals surface area contributed by atoms with Crippen LogP contribution >= 0.6 is 0 Å². The maximum Gasteiger partial charge on any atom is 0.122 e. The van der Waals surface area contributed by atoms with Crippen LogP contribution in [0.3, 0.4) is 0 Å². The van der Waals surface area contributed by atoms with Crippen LogP contribution in [0.5, 0.6) is 0 Å². The van der Waals surface area contributed by atoms with Crippen molar-refractivity contribution in [1.29, 1.82) is 0 Å². The molecular weight excluding hydrogens is 226 g/mol. The van der Waals surface area contributed by atoms with Gasteiger partial charge in [-0.25, -0.2) is 0 Å². The summed E-state index contributed by atoms with van der Waals surface area (Å²) in [4.78, 5) is 5.17. The van der Waals surface area contributed by atoms with Crippen molar-refractivity contribution in [2.24, 2.45) is 5.73 Å². The highest BCUT2D eigenvalue weighted by Gasteiger charge is 2.32. The van der Waals surface area contributed by atoms with Crippen molar-refractivity contribution in [3.8, 4) is 0 Å². The third kappa shape index (κ3) is 2.32. The molecule has 0 aromatic carbocycles. The molecule has 2 saturated heterocycles. The summed E-state index contributed by atoms with van der Waals surface area (Å²) in [7, 11) is 0. The first-order valence-corrected chi connectivity index (χ1v) is 7.10. The molecule has 2 atom stereocenters. The van der Waals surface area contributed by atoms with Gasteiger partial charge in [0.15, 0.2) is 0 Å². The van der Waals surface area contributed by atoms with Crippen molar-refractivity contribution in [2.75, 3.05) is 32.7 Å². The van der Waals surface area contributed by atoms with Gasteiger partial charge in [-0.3, -0.25) is 9.80 Å². The smallest absolute Gasteiger partial charge is 0.122 e. The first-order valence-electron chi connectivity index (χ1n) is 7.10. The molecule has 0 spiro atoms. The van der Waals surface area contributed by atoms with E-state index < -0.39 is 0 Å². The van der Waals surface area contributed by atoms with Crippen LogP contribution in [-0.4, -0.2) is 48.6 Å². The molecule has 4 heteroatoms. The number of hydrogen-bond acceptors (Lipinski definition) is 4. The summed E-state index contributed by atoms with van der Waals surface area (Å²) in [5, 5.41) is 0. The Morgan fingerprint density at radius 2 is 2.22 bits per heavy atom. The fraction of sp³-hybridized carbons (Fsp3) is 0.714. The zero-order valence-electron chi connectivity index (χ0n) is 10.9. The zero-order valence-corrected chi connectivity index (χ0v) is 10.9. The van der Waals surface area contributed by atoms with E-state index in [1.54, 1.807) is 6.26 Å². The lowest BCUT2D eigenvalue weighted by Crippen LogP contribution is -2.40. The minimum absolute atomic E-state index is 0.251. The number of fused-ring (bicyclic) bond motifs is 1. The van der Waals surface area contributed by atoms with Gasteiger partial charge < -0.3 is 10.2 Å². The van der Waals surface area contributed by atoms with E-state index in [2.05, 4.69) is 15.9 Å². The Labute approximate surface area is 109 Å². The van der Waals surface area contributed by atoms with Crippen LogP contribution in [0, 0.1) is 0 Å². The Morgan fingerprint density at radius 3 is 3.00 bits per heavy atom. The highest BCUT2D eigenvalue weighted by molar-refractivity contribution is 5.06. The van der Waals surface area contributed by atoms with Crippen LogP contribution < -0.4 is 5.73 Å². The van der Waals surface area contributed by atoms with E-state index in [4.69, 9.17) is 10.2 Å². The van der Waals surface area contributed by atoms with Crippen LogP contribution in [-0.2, 0) is 0 Å². The van der Waals surface area contributed by atoms with Crippen LogP contribution in [0.25, 0.3) is 0 Å². The van der Waals surface area contributed by atoms with Gasteiger partial charge in [0, 0.05) is 25.7 Å². The third-order valence-corrected chi connectivity index (χ3v) is 4.37. The average Bonchev–Trinajstić information content (AvgIpc) is 3.00. The molecule has 1 aromatic heterocycles. The minimum Gasteiger partial charge on any atom is -0.468 e. The zero-order chi connectivity index (χ0) is 12.4. The molecule has 3 rings (SSSR count). The van der Waals surface area contributed by atoms with E-state index >= 15 is 0 Å². The molecule has 0 amide bonds. The van der Waals surface area contributed by atoms with Crippen molar-refractivity contribution in [1.82, 2.24) is 9.80 Å². The summed E-state index contributed by atoms with van der Waals surface area (Å²) < 4.78 is 5.56. The summed E-state index contributed by atoms with van der Waals surface area (Å²) in [5.41, 5.74) is 5.97. The first kappa shape index (κ1) is 12.2. The number of hydrogen-bond donors (Lipinski definition) is 1. The van der Waals surface area contributed by atoms with E-state index in [0.29, 0.717) is 6.54 Å². The molecule has 18 heavy (non-hydrogen) atoms. The number of nitrogens with two attached hydrogens (primary N) is 1. The molecule has 0 bridgehead atoms. The second kappa shape index (κ2) is 5.43. The number of furan rings is 1. The Balaban J connectivity index is 1.73. The summed E-state index contributed by atoms with van der Waals surface area (Å²) in [6, 6.07) is 4.99. The van der Waals surface area contributed by atoms with E-state index in [9.17, 15) is 0 Å². The summed E-state index contributed by atoms with van der Waals surface area (Å²) in [6.45, 7) is 5.45. The highest BCUT2D eigenvalue weighted by atomic mass is 16.3. The summed E-state index contributed by atoms with van der Waals surface area (Å²) in [6.07, 6.45) is 5.68. The van der Waals surface area contributed by atoms with Crippen LogP contribution in [0.1, 0.15) is 31.1 Å². The van der Waals surface area contributed by atoms with Gasteiger partial charge in [0.2, 0.25) is 0 Å². The van der Waals surface area contributed by atoms with Crippen LogP contribution in [0.4, 0.5) is 0 Å². The lowest BCUT2D eigenvalue weighted by Gasteiger charge is -2.30. The van der Waals surface area contributed by atoms with Gasteiger partial charge in [0.05, 0.1) is 12.3 Å². The summed E-state index contributed by atoms with van der Waals surface area (Å²) >= 11 is 0. The molecule has 2 N–H and O–H groups in total. The molecule has 2 aliphatic rings. The topological polar surface area (TPSA) is 45.6 Å². The Hall–Kier alpha value is -0.840. The first-order chi connectivity index (χ1) is 8.88. The van der Waals surface area contributed by atoms with Crippen molar-refractivity contribution in [2.45, 2.75) is 31.3 Å². The predicted molar refractivity (Wildman–Crippen MR) is 71.3 cm³/mol. The molecule has 1 aromatic rings. The second-order valence-electron chi connectivity index (χ2n) is 5.45. The van der Waals surface area contributed by atoms with Crippen molar-refractivity contribution >= 4 is 0 Å². The van der Waals surface area contributed by atoms with Crippen LogP contribution in [0.15, 0.2) is 22.8 Å². The maximum atomic E-state index is 5.97. The van der Waals surface area contributed by atoms with Gasteiger partial charge in [-0.2, -0.15) is 0 Å². The quantitative estimate of drug-likeness (QED) is 0.880. The van der Waals surface area contributed by atoms with Gasteiger partial charge >= 0.3 is 0 Å². The largest absolute Gasteiger partial charge is 0.468 e. The number of nitrogens with zero attached hydrogens (tertiary/aromatic N) is 2. The molecule has 0 radical (unpaired) electrons. The molecule has 2 fully saturated rings. The molecule has 3 heterocycles. The fourth-order valence-corrected chi connectivity index (χ4v) is 3.44. The fourth-order valence-electron chi connectivity index (χ4n) is 3.44. The predicted octanol–water partition coefficient (Wildman–Crippen LogP) is 1.45. The Morgan fingerprint density at radius 1 is 1.33 bits per heavy atom. The van der Waals surface area contributed by atoms with Gasteiger partial charge in [-0.05, 0) is 44.5 Å². The Bertz CT molecular complexity index is 365. The van der Waals surface area contributed by atoms with Crippen molar-refractivity contribution < 1.29 is 4.42 Å². The lowest BCUT2D eigenvalue weighted by molar-refractivity contribution is 0.160. The molecule has 0 aliphatic carbocycles. The van der Waals surface area contributed by atoms with Gasteiger partial charge in [0.25, 0.3) is 0 Å². The van der Waals surface area contributed by atoms with Crippen LogP contribution in [0.2, 0.25) is 0 Å². The maximum absolute atomic E-state index is 5.97. The molecular formula is C14H23N3O. The van der Waals surface area contributed by atoms with Gasteiger partial charge in [-0.1, -0.05) is 0 Å². The normalized spacial score (nSPS) is 27.9. The molecule has 0 saturated carbocycles. The molecule has 4 nitrogen and oxygen atoms in total. The number of rotatable bonds is 3. The van der Waals surface area contributed by atoms with Crippen molar-refractivity contribution in [3.63, 3.8) is 0 Å². The summed E-state index contributed by atoms with van der Waals surface area (Å²) in [5.74, 6) is 1.02. The van der Waals surface area contributed by atoms with E-state index in [1.807, 2.05) is 6.07 Å². The van der Waals surface area contributed by atoms with Gasteiger partial charge in [0.1, 0.15) is 5.76 Å². The lowest BCUT2D eigenvalue weighted by atomic mass is 10.1. The monoisotopic (exact) mass is 249 g/mol. The minimum atomic E-state index is 0.251. The Kier molecular flexibility index (Phi) is 3.68. The highest BCUT2D eigenvalue weighted by Crippen LogP contribution is 2.27. The van der Waals surface area contributed by atoms with E-state index in [0.717, 1.165) is 24.9 Å². The van der Waals surface area contributed by atoms with E-state index in [-0.39, 0.29) is 6.04 Å². The second-order valence-corrected chi connectivity index (χ2v) is 5.45. The molecule has 2 unspecified atom stereocenters. The van der Waals surface area contributed by atoms with Crippen molar-refractivity contribution in [3.05, 3.63) is 24.2 Å². The van der Waals surface area contributed by atoms with Gasteiger partial charge in [-0.15, -0.1) is 0 Å². The standard InChI is InChI=1S/C14H23N3O/c15-10-13(14-5-2-9-18-14)17-8-3-7-16-6-1-4-12(16)11-17/h2,5,9,12-13H,1,3-4,6-8,10-11,15H2. The third-order valence-electron chi connectivity index (χ3n) is 4.37. The molecule has 100 valence electrons. The molecule has 2 aliphatic heterocycles. The van der Waals surface area contributed by atoms with E-state index in [1.165, 1.54) is 32.4 Å². The average molecular weight is 249 g/mol. The SMILES string of the molecule is NCC(c1ccco1)N1CCCN2CCCC2C1.